The van der Waals surface area contributed by atoms with Gasteiger partial charge in [-0.2, -0.15) is 0 Å². The number of benzene rings is 1. The van der Waals surface area contributed by atoms with Crippen LogP contribution in [0.25, 0.3) is 11.0 Å². The standard InChI is InChI=1S/C13H13BrO4/c1-8-5-13(15)18-10-7-11(16-2)12(6-9(8)10)17-4-3-14/h5-7H,3-4H2,1-2H3. The molecular formula is C13H13BrO4. The number of fused-ring (bicyclic) bond motifs is 1. The molecule has 0 aliphatic rings. The van der Waals surface area contributed by atoms with Gasteiger partial charge in [0.05, 0.1) is 13.7 Å². The second-order valence-corrected chi connectivity index (χ2v) is 4.58. The molecule has 0 saturated carbocycles. The van der Waals surface area contributed by atoms with Gasteiger partial charge in [0.25, 0.3) is 0 Å². The molecule has 0 amide bonds. The minimum absolute atomic E-state index is 0.365. The van der Waals surface area contributed by atoms with Crippen LogP contribution >= 0.6 is 15.9 Å². The highest BCUT2D eigenvalue weighted by atomic mass is 79.9. The Morgan fingerprint density at radius 2 is 2.06 bits per heavy atom. The van der Waals surface area contributed by atoms with Crippen molar-refractivity contribution in [2.45, 2.75) is 6.92 Å². The van der Waals surface area contributed by atoms with Crippen LogP contribution in [-0.2, 0) is 0 Å². The van der Waals surface area contributed by atoms with Gasteiger partial charge >= 0.3 is 5.63 Å². The zero-order valence-corrected chi connectivity index (χ0v) is 11.7. The Balaban J connectivity index is 2.61. The first-order chi connectivity index (χ1) is 8.65. The highest BCUT2D eigenvalue weighted by Gasteiger charge is 2.10. The summed E-state index contributed by atoms with van der Waals surface area (Å²) in [5.74, 6) is 1.19. The monoisotopic (exact) mass is 312 g/mol. The molecule has 0 aliphatic carbocycles. The minimum atomic E-state index is -0.365. The Morgan fingerprint density at radius 3 is 2.72 bits per heavy atom. The fourth-order valence-electron chi connectivity index (χ4n) is 1.75. The maximum absolute atomic E-state index is 11.3. The lowest BCUT2D eigenvalue weighted by Gasteiger charge is -2.11. The Hall–Kier alpha value is -1.49. The predicted octanol–water partition coefficient (Wildman–Crippen LogP) is 2.88. The normalized spacial score (nSPS) is 10.6. The van der Waals surface area contributed by atoms with Crippen molar-refractivity contribution in [1.29, 1.82) is 0 Å². The third-order valence-corrected chi connectivity index (χ3v) is 2.89. The number of halogens is 1. The first-order valence-corrected chi connectivity index (χ1v) is 6.59. The highest BCUT2D eigenvalue weighted by molar-refractivity contribution is 9.09. The molecule has 2 rings (SSSR count). The lowest BCUT2D eigenvalue weighted by Crippen LogP contribution is -2.02. The molecule has 2 aromatic rings. The average molecular weight is 313 g/mol. The van der Waals surface area contributed by atoms with E-state index in [-0.39, 0.29) is 5.63 Å². The van der Waals surface area contributed by atoms with E-state index in [0.29, 0.717) is 23.7 Å². The smallest absolute Gasteiger partial charge is 0.336 e. The molecule has 18 heavy (non-hydrogen) atoms. The van der Waals surface area contributed by atoms with Crippen molar-refractivity contribution in [3.8, 4) is 11.5 Å². The summed E-state index contributed by atoms with van der Waals surface area (Å²) in [4.78, 5) is 11.3. The summed E-state index contributed by atoms with van der Waals surface area (Å²) in [5, 5.41) is 1.58. The SMILES string of the molecule is COc1cc2oc(=O)cc(C)c2cc1OCCBr. The molecule has 0 bridgehead atoms. The molecule has 4 nitrogen and oxygen atoms in total. The van der Waals surface area contributed by atoms with E-state index in [4.69, 9.17) is 13.9 Å². The summed E-state index contributed by atoms with van der Waals surface area (Å²) in [6.07, 6.45) is 0. The topological polar surface area (TPSA) is 48.7 Å². The van der Waals surface area contributed by atoms with Crippen molar-refractivity contribution in [2.24, 2.45) is 0 Å². The lowest BCUT2D eigenvalue weighted by molar-refractivity contribution is 0.314. The van der Waals surface area contributed by atoms with E-state index < -0.39 is 0 Å². The Bertz CT molecular complexity index is 618. The van der Waals surface area contributed by atoms with Crippen LogP contribution in [0, 0.1) is 6.92 Å². The Kier molecular flexibility index (Phi) is 3.91. The van der Waals surface area contributed by atoms with E-state index in [2.05, 4.69) is 15.9 Å². The fourth-order valence-corrected chi connectivity index (χ4v) is 1.91. The molecule has 0 spiro atoms. The molecule has 0 atom stereocenters. The van der Waals surface area contributed by atoms with Crippen LogP contribution in [0.1, 0.15) is 5.56 Å². The van der Waals surface area contributed by atoms with Crippen molar-refractivity contribution < 1.29 is 13.9 Å². The van der Waals surface area contributed by atoms with Crippen molar-refractivity contribution in [2.75, 3.05) is 19.0 Å². The van der Waals surface area contributed by atoms with Gasteiger partial charge in [-0.3, -0.25) is 0 Å². The van der Waals surface area contributed by atoms with Crippen LogP contribution in [-0.4, -0.2) is 19.0 Å². The number of aryl methyl sites for hydroxylation is 1. The number of hydrogen-bond donors (Lipinski definition) is 0. The second-order valence-electron chi connectivity index (χ2n) is 3.79. The first kappa shape index (κ1) is 13.0. The Morgan fingerprint density at radius 1 is 1.28 bits per heavy atom. The van der Waals surface area contributed by atoms with Crippen LogP contribution in [0.3, 0.4) is 0 Å². The molecule has 0 fully saturated rings. The van der Waals surface area contributed by atoms with Gasteiger partial charge in [0.15, 0.2) is 11.5 Å². The van der Waals surface area contributed by atoms with Crippen LogP contribution in [0.2, 0.25) is 0 Å². The average Bonchev–Trinajstić information content (AvgIpc) is 2.35. The van der Waals surface area contributed by atoms with E-state index in [1.54, 1.807) is 13.2 Å². The molecular weight excluding hydrogens is 300 g/mol. The quantitative estimate of drug-likeness (QED) is 0.643. The first-order valence-electron chi connectivity index (χ1n) is 5.47. The number of rotatable bonds is 4. The summed E-state index contributed by atoms with van der Waals surface area (Å²) in [7, 11) is 1.55. The van der Waals surface area contributed by atoms with Gasteiger partial charge in [-0.1, -0.05) is 15.9 Å². The zero-order valence-electron chi connectivity index (χ0n) is 10.2. The second kappa shape index (κ2) is 5.44. The van der Waals surface area contributed by atoms with Crippen LogP contribution < -0.4 is 15.1 Å². The molecule has 1 aromatic carbocycles. The van der Waals surface area contributed by atoms with Crippen molar-refractivity contribution in [3.05, 3.63) is 34.2 Å². The van der Waals surface area contributed by atoms with Crippen molar-refractivity contribution in [3.63, 3.8) is 0 Å². The predicted molar refractivity (Wildman–Crippen MR) is 73.1 cm³/mol. The van der Waals surface area contributed by atoms with E-state index in [1.807, 2.05) is 13.0 Å². The number of ether oxygens (including phenoxy) is 2. The molecule has 0 N–H and O–H groups in total. The molecule has 96 valence electrons. The number of alkyl halides is 1. The molecule has 0 saturated heterocycles. The van der Waals surface area contributed by atoms with Gasteiger partial charge in [0.1, 0.15) is 5.58 Å². The third kappa shape index (κ3) is 2.51. The lowest BCUT2D eigenvalue weighted by atomic mass is 10.1. The minimum Gasteiger partial charge on any atom is -0.493 e. The fraction of sp³-hybridized carbons (Fsp3) is 0.308. The van der Waals surface area contributed by atoms with Gasteiger partial charge in [-0.15, -0.1) is 0 Å². The summed E-state index contributed by atoms with van der Waals surface area (Å²) in [6, 6.07) is 4.96. The maximum Gasteiger partial charge on any atom is 0.336 e. The largest absolute Gasteiger partial charge is 0.493 e. The summed E-state index contributed by atoms with van der Waals surface area (Å²) >= 11 is 3.30. The Labute approximate surface area is 113 Å². The maximum atomic E-state index is 11.3. The molecule has 0 aliphatic heterocycles. The van der Waals surface area contributed by atoms with Crippen LogP contribution in [0.15, 0.2) is 27.4 Å². The van der Waals surface area contributed by atoms with Crippen molar-refractivity contribution >= 4 is 26.9 Å². The molecule has 1 aromatic heterocycles. The van der Waals surface area contributed by atoms with Crippen LogP contribution in [0.5, 0.6) is 11.5 Å². The van der Waals surface area contributed by atoms with E-state index in [1.165, 1.54) is 6.07 Å². The van der Waals surface area contributed by atoms with Gasteiger partial charge in [-0.25, -0.2) is 4.79 Å². The number of methoxy groups -OCH3 is 1. The van der Waals surface area contributed by atoms with Crippen molar-refractivity contribution in [1.82, 2.24) is 0 Å². The molecule has 5 heteroatoms. The summed E-state index contributed by atoms with van der Waals surface area (Å²) in [5.41, 5.74) is 0.992. The van der Waals surface area contributed by atoms with E-state index >= 15 is 0 Å². The van der Waals surface area contributed by atoms with Gasteiger partial charge < -0.3 is 13.9 Å². The third-order valence-electron chi connectivity index (χ3n) is 2.57. The summed E-state index contributed by atoms with van der Waals surface area (Å²) in [6.45, 7) is 2.40. The van der Waals surface area contributed by atoms with Crippen LogP contribution in [0.4, 0.5) is 0 Å². The molecule has 1 heterocycles. The van der Waals surface area contributed by atoms with Gasteiger partial charge in [-0.05, 0) is 18.6 Å². The molecule has 0 radical (unpaired) electrons. The van der Waals surface area contributed by atoms with E-state index in [9.17, 15) is 4.79 Å². The van der Waals surface area contributed by atoms with E-state index in [0.717, 1.165) is 16.3 Å². The van der Waals surface area contributed by atoms with Gasteiger partial charge in [0, 0.05) is 22.8 Å². The van der Waals surface area contributed by atoms with Gasteiger partial charge in [0.2, 0.25) is 0 Å². The summed E-state index contributed by atoms with van der Waals surface area (Å²) < 4.78 is 16.0. The zero-order chi connectivity index (χ0) is 13.1. The number of hydrogen-bond acceptors (Lipinski definition) is 4. The highest BCUT2D eigenvalue weighted by Crippen LogP contribution is 2.33. The molecule has 0 unspecified atom stereocenters.